The smallest absolute Gasteiger partial charge is 0.0406 e. The standard InChI is InChI=1S/C17H20ClN.ClH/c1-12-4-3-5-15(10-12)17(13(2)19)11-14-6-8-16(18)9-7-14;/h3-10,13,17H,11,19H2,1-2H3;1H. The molecule has 0 aromatic heterocycles. The van der Waals surface area contributed by atoms with Gasteiger partial charge in [0.05, 0.1) is 0 Å². The number of hydrogen-bond donors (Lipinski definition) is 1. The van der Waals surface area contributed by atoms with Gasteiger partial charge in [-0.05, 0) is 43.5 Å². The quantitative estimate of drug-likeness (QED) is 0.867. The van der Waals surface area contributed by atoms with E-state index in [4.69, 9.17) is 17.3 Å². The fourth-order valence-corrected chi connectivity index (χ4v) is 2.51. The van der Waals surface area contributed by atoms with Crippen LogP contribution in [0.5, 0.6) is 0 Å². The van der Waals surface area contributed by atoms with Crippen LogP contribution in [-0.2, 0) is 6.42 Å². The highest BCUT2D eigenvalue weighted by molar-refractivity contribution is 6.30. The second-order valence-electron chi connectivity index (χ2n) is 5.21. The lowest BCUT2D eigenvalue weighted by Gasteiger charge is -2.22. The SMILES string of the molecule is Cc1cccc(C(Cc2ccc(Cl)cc2)C(C)N)c1.Cl. The van der Waals surface area contributed by atoms with Gasteiger partial charge in [0.1, 0.15) is 0 Å². The van der Waals surface area contributed by atoms with E-state index < -0.39 is 0 Å². The highest BCUT2D eigenvalue weighted by atomic mass is 35.5. The van der Waals surface area contributed by atoms with Crippen molar-refractivity contribution >= 4 is 24.0 Å². The summed E-state index contributed by atoms with van der Waals surface area (Å²) in [5.41, 5.74) is 10.0. The highest BCUT2D eigenvalue weighted by Crippen LogP contribution is 2.25. The van der Waals surface area contributed by atoms with Crippen molar-refractivity contribution in [3.63, 3.8) is 0 Å². The first-order chi connectivity index (χ1) is 9.06. The molecule has 3 heteroatoms. The molecule has 2 aromatic carbocycles. The number of aryl methyl sites for hydroxylation is 1. The second kappa shape index (κ2) is 7.68. The summed E-state index contributed by atoms with van der Waals surface area (Å²) in [5.74, 6) is 0.334. The molecule has 2 rings (SSSR count). The summed E-state index contributed by atoms with van der Waals surface area (Å²) < 4.78 is 0. The molecular formula is C17H21Cl2N. The molecule has 1 nitrogen and oxygen atoms in total. The van der Waals surface area contributed by atoms with Crippen LogP contribution >= 0.6 is 24.0 Å². The summed E-state index contributed by atoms with van der Waals surface area (Å²) in [4.78, 5) is 0. The largest absolute Gasteiger partial charge is 0.327 e. The van der Waals surface area contributed by atoms with Crippen molar-refractivity contribution in [2.45, 2.75) is 32.2 Å². The number of hydrogen-bond acceptors (Lipinski definition) is 1. The van der Waals surface area contributed by atoms with Crippen molar-refractivity contribution in [1.82, 2.24) is 0 Å². The van der Waals surface area contributed by atoms with Gasteiger partial charge in [0.25, 0.3) is 0 Å². The normalized spacial score (nSPS) is 13.4. The van der Waals surface area contributed by atoms with Crippen LogP contribution in [0.3, 0.4) is 0 Å². The molecule has 0 spiro atoms. The van der Waals surface area contributed by atoms with E-state index in [0.717, 1.165) is 11.4 Å². The highest BCUT2D eigenvalue weighted by Gasteiger charge is 2.16. The average molecular weight is 310 g/mol. The monoisotopic (exact) mass is 309 g/mol. The van der Waals surface area contributed by atoms with Crippen LogP contribution < -0.4 is 5.73 Å². The third-order valence-electron chi connectivity index (χ3n) is 3.47. The Balaban J connectivity index is 0.00000200. The van der Waals surface area contributed by atoms with Crippen molar-refractivity contribution in [2.24, 2.45) is 5.73 Å². The summed E-state index contributed by atoms with van der Waals surface area (Å²) >= 11 is 5.92. The first kappa shape index (κ1) is 17.0. The van der Waals surface area contributed by atoms with Crippen molar-refractivity contribution in [1.29, 1.82) is 0 Å². The topological polar surface area (TPSA) is 26.0 Å². The molecule has 0 aliphatic rings. The van der Waals surface area contributed by atoms with Crippen molar-refractivity contribution in [2.75, 3.05) is 0 Å². The maximum absolute atomic E-state index is 6.17. The molecule has 108 valence electrons. The Hall–Kier alpha value is -1.02. The summed E-state index contributed by atoms with van der Waals surface area (Å²) in [6.07, 6.45) is 0.943. The Bertz CT molecular complexity index is 535. The molecule has 0 aliphatic carbocycles. The molecule has 0 fully saturated rings. The minimum Gasteiger partial charge on any atom is -0.327 e. The van der Waals surface area contributed by atoms with Gasteiger partial charge in [-0.1, -0.05) is 53.6 Å². The first-order valence-corrected chi connectivity index (χ1v) is 7.00. The van der Waals surface area contributed by atoms with Crippen molar-refractivity contribution < 1.29 is 0 Å². The van der Waals surface area contributed by atoms with E-state index in [0.29, 0.717) is 5.92 Å². The van der Waals surface area contributed by atoms with Crippen molar-refractivity contribution in [3.05, 3.63) is 70.2 Å². The molecule has 0 saturated heterocycles. The first-order valence-electron chi connectivity index (χ1n) is 6.63. The van der Waals surface area contributed by atoms with E-state index >= 15 is 0 Å². The lowest BCUT2D eigenvalue weighted by molar-refractivity contribution is 0.565. The van der Waals surface area contributed by atoms with Gasteiger partial charge in [-0.15, -0.1) is 12.4 Å². The van der Waals surface area contributed by atoms with Crippen LogP contribution in [0.15, 0.2) is 48.5 Å². The minimum absolute atomic E-state index is 0. The third-order valence-corrected chi connectivity index (χ3v) is 3.73. The van der Waals surface area contributed by atoms with E-state index in [9.17, 15) is 0 Å². The molecule has 2 aromatic rings. The number of nitrogens with two attached hydrogens (primary N) is 1. The van der Waals surface area contributed by atoms with Gasteiger partial charge in [-0.25, -0.2) is 0 Å². The van der Waals surface area contributed by atoms with Crippen LogP contribution in [0.25, 0.3) is 0 Å². The summed E-state index contributed by atoms with van der Waals surface area (Å²) in [7, 11) is 0. The zero-order valence-electron chi connectivity index (χ0n) is 11.8. The van der Waals surface area contributed by atoms with Crippen LogP contribution in [0.2, 0.25) is 5.02 Å². The molecule has 0 bridgehead atoms. The molecule has 0 amide bonds. The predicted molar refractivity (Wildman–Crippen MR) is 90.0 cm³/mol. The lowest BCUT2D eigenvalue weighted by Crippen LogP contribution is -2.26. The molecule has 20 heavy (non-hydrogen) atoms. The van der Waals surface area contributed by atoms with Gasteiger partial charge in [-0.2, -0.15) is 0 Å². The number of halogens is 2. The molecule has 2 atom stereocenters. The summed E-state index contributed by atoms with van der Waals surface area (Å²) in [6.45, 7) is 4.19. The molecule has 0 radical (unpaired) electrons. The fourth-order valence-electron chi connectivity index (χ4n) is 2.38. The minimum atomic E-state index is 0. The van der Waals surface area contributed by atoms with Gasteiger partial charge in [0, 0.05) is 17.0 Å². The number of rotatable bonds is 4. The van der Waals surface area contributed by atoms with Crippen LogP contribution in [0.4, 0.5) is 0 Å². The third kappa shape index (κ3) is 4.52. The van der Waals surface area contributed by atoms with E-state index in [1.165, 1.54) is 16.7 Å². The van der Waals surface area contributed by atoms with E-state index in [1.807, 2.05) is 12.1 Å². The van der Waals surface area contributed by atoms with Crippen LogP contribution in [-0.4, -0.2) is 6.04 Å². The van der Waals surface area contributed by atoms with Gasteiger partial charge >= 0.3 is 0 Å². The van der Waals surface area contributed by atoms with Gasteiger partial charge in [0.2, 0.25) is 0 Å². The van der Waals surface area contributed by atoms with Gasteiger partial charge in [-0.3, -0.25) is 0 Å². The second-order valence-corrected chi connectivity index (χ2v) is 5.65. The zero-order chi connectivity index (χ0) is 13.8. The Kier molecular flexibility index (Phi) is 6.54. The molecule has 2 N–H and O–H groups in total. The molecule has 0 heterocycles. The maximum atomic E-state index is 6.17. The lowest BCUT2D eigenvalue weighted by atomic mass is 9.86. The van der Waals surface area contributed by atoms with E-state index in [1.54, 1.807) is 0 Å². The molecule has 2 unspecified atom stereocenters. The Morgan fingerprint density at radius 1 is 1.10 bits per heavy atom. The van der Waals surface area contributed by atoms with Crippen LogP contribution in [0.1, 0.15) is 29.5 Å². The molecule has 0 aliphatic heterocycles. The zero-order valence-corrected chi connectivity index (χ0v) is 13.4. The average Bonchev–Trinajstić information content (AvgIpc) is 2.37. The Morgan fingerprint density at radius 3 is 2.30 bits per heavy atom. The summed E-state index contributed by atoms with van der Waals surface area (Å²) in [6, 6.07) is 16.8. The van der Waals surface area contributed by atoms with E-state index in [2.05, 4.69) is 50.2 Å². The Morgan fingerprint density at radius 2 is 1.75 bits per heavy atom. The maximum Gasteiger partial charge on any atom is 0.0406 e. The predicted octanol–water partition coefficient (Wildman–Crippen LogP) is 4.74. The van der Waals surface area contributed by atoms with Gasteiger partial charge in [0.15, 0.2) is 0 Å². The van der Waals surface area contributed by atoms with Crippen LogP contribution in [0, 0.1) is 6.92 Å². The Labute approximate surface area is 132 Å². The fraction of sp³-hybridized carbons (Fsp3) is 0.294. The van der Waals surface area contributed by atoms with Crippen molar-refractivity contribution in [3.8, 4) is 0 Å². The van der Waals surface area contributed by atoms with Gasteiger partial charge < -0.3 is 5.73 Å². The summed E-state index contributed by atoms with van der Waals surface area (Å²) in [5, 5.41) is 0.775. The van der Waals surface area contributed by atoms with E-state index in [-0.39, 0.29) is 18.4 Å². The number of benzene rings is 2. The molecular weight excluding hydrogens is 289 g/mol. The molecule has 0 saturated carbocycles.